The highest BCUT2D eigenvalue weighted by Crippen LogP contribution is 2.32. The van der Waals surface area contributed by atoms with Gasteiger partial charge in [-0.05, 0) is 43.4 Å². The monoisotopic (exact) mass is 161 g/mol. The van der Waals surface area contributed by atoms with E-state index < -0.39 is 0 Å². The van der Waals surface area contributed by atoms with Crippen LogP contribution >= 0.6 is 0 Å². The molecule has 1 aromatic carbocycles. The smallest absolute Gasteiger partial charge is 0.000802 e. The predicted octanol–water partition coefficient (Wildman–Crippen LogP) is 1.98. The number of nitrogens with two attached hydrogens (primary N) is 1. The third kappa shape index (κ3) is 1.14. The molecule has 0 aliphatic heterocycles. The van der Waals surface area contributed by atoms with Gasteiger partial charge in [-0.25, -0.2) is 0 Å². The zero-order valence-electron chi connectivity index (χ0n) is 7.51. The van der Waals surface area contributed by atoms with Crippen LogP contribution in [0.3, 0.4) is 0 Å². The maximum Gasteiger partial charge on any atom is -0.000802 e. The largest absolute Gasteiger partial charge is 0.330 e. The first kappa shape index (κ1) is 7.81. The van der Waals surface area contributed by atoms with Crippen molar-refractivity contribution in [3.05, 3.63) is 34.9 Å². The molecule has 1 aliphatic rings. The van der Waals surface area contributed by atoms with Gasteiger partial charge in [0, 0.05) is 0 Å². The van der Waals surface area contributed by atoms with Crippen LogP contribution in [0, 0.1) is 6.92 Å². The summed E-state index contributed by atoms with van der Waals surface area (Å²) in [5, 5.41) is 0. The van der Waals surface area contributed by atoms with Crippen molar-refractivity contribution in [3.8, 4) is 0 Å². The van der Waals surface area contributed by atoms with E-state index in [4.69, 9.17) is 5.73 Å². The van der Waals surface area contributed by atoms with Crippen molar-refractivity contribution in [3.63, 3.8) is 0 Å². The average molecular weight is 161 g/mol. The lowest BCUT2D eigenvalue weighted by Crippen LogP contribution is -2.09. The van der Waals surface area contributed by atoms with Crippen molar-refractivity contribution >= 4 is 0 Å². The van der Waals surface area contributed by atoms with E-state index in [9.17, 15) is 0 Å². The Kier molecular flexibility index (Phi) is 1.89. The summed E-state index contributed by atoms with van der Waals surface area (Å²) in [6, 6.07) is 6.73. The highest BCUT2D eigenvalue weighted by atomic mass is 14.6. The lowest BCUT2D eigenvalue weighted by Gasteiger charge is -2.07. The summed E-state index contributed by atoms with van der Waals surface area (Å²) >= 11 is 0. The van der Waals surface area contributed by atoms with Crippen LogP contribution in [-0.4, -0.2) is 6.54 Å². The van der Waals surface area contributed by atoms with Gasteiger partial charge in [0.25, 0.3) is 0 Å². The van der Waals surface area contributed by atoms with Gasteiger partial charge < -0.3 is 5.73 Å². The number of rotatable bonds is 1. The minimum Gasteiger partial charge on any atom is -0.330 e. The van der Waals surface area contributed by atoms with Crippen molar-refractivity contribution in [1.29, 1.82) is 0 Å². The lowest BCUT2D eigenvalue weighted by molar-refractivity contribution is 0.688. The Balaban J connectivity index is 2.40. The molecular formula is C11H15N. The molecule has 0 aromatic heterocycles. The van der Waals surface area contributed by atoms with E-state index in [1.807, 2.05) is 0 Å². The Morgan fingerprint density at radius 1 is 1.50 bits per heavy atom. The second-order valence-electron chi connectivity index (χ2n) is 3.67. The first-order valence-electron chi connectivity index (χ1n) is 4.61. The van der Waals surface area contributed by atoms with Crippen LogP contribution in [0.1, 0.15) is 29.0 Å². The fourth-order valence-electron chi connectivity index (χ4n) is 2.08. The van der Waals surface area contributed by atoms with Crippen LogP contribution < -0.4 is 5.73 Å². The number of hydrogen-bond donors (Lipinski definition) is 1. The zero-order chi connectivity index (χ0) is 8.55. The van der Waals surface area contributed by atoms with Gasteiger partial charge in [-0.1, -0.05) is 23.8 Å². The van der Waals surface area contributed by atoms with E-state index >= 15 is 0 Å². The lowest BCUT2D eigenvalue weighted by atomic mass is 10.0. The second kappa shape index (κ2) is 2.91. The molecule has 1 nitrogen and oxygen atoms in total. The molecule has 0 fully saturated rings. The van der Waals surface area contributed by atoms with E-state index in [1.165, 1.54) is 29.5 Å². The molecule has 1 atom stereocenters. The molecule has 1 unspecified atom stereocenters. The van der Waals surface area contributed by atoms with E-state index in [0.29, 0.717) is 5.92 Å². The molecule has 1 aliphatic carbocycles. The minimum atomic E-state index is 0.626. The first-order chi connectivity index (χ1) is 5.81. The third-order valence-corrected chi connectivity index (χ3v) is 2.78. The molecule has 0 saturated heterocycles. The molecule has 0 saturated carbocycles. The molecule has 0 bridgehead atoms. The molecule has 2 rings (SSSR count). The van der Waals surface area contributed by atoms with Gasteiger partial charge in [-0.3, -0.25) is 0 Å². The molecule has 0 heterocycles. The fraction of sp³-hybridized carbons (Fsp3) is 0.455. The Morgan fingerprint density at radius 3 is 3.08 bits per heavy atom. The van der Waals surface area contributed by atoms with Gasteiger partial charge in [0.1, 0.15) is 0 Å². The zero-order valence-corrected chi connectivity index (χ0v) is 7.51. The van der Waals surface area contributed by atoms with E-state index in [-0.39, 0.29) is 0 Å². The molecule has 2 N–H and O–H groups in total. The fourth-order valence-corrected chi connectivity index (χ4v) is 2.08. The Hall–Kier alpha value is -0.820. The van der Waals surface area contributed by atoms with E-state index in [2.05, 4.69) is 25.1 Å². The number of hydrogen-bond acceptors (Lipinski definition) is 1. The van der Waals surface area contributed by atoms with Gasteiger partial charge in [0.2, 0.25) is 0 Å². The number of fused-ring (bicyclic) bond motifs is 1. The van der Waals surface area contributed by atoms with Crippen LogP contribution in [0.4, 0.5) is 0 Å². The highest BCUT2D eigenvalue weighted by molar-refractivity contribution is 5.38. The van der Waals surface area contributed by atoms with Crippen molar-refractivity contribution in [2.45, 2.75) is 25.7 Å². The quantitative estimate of drug-likeness (QED) is 0.669. The molecule has 1 heteroatoms. The SMILES string of the molecule is Cc1ccc2c(c1)CCC2CN. The van der Waals surface area contributed by atoms with Crippen molar-refractivity contribution in [2.75, 3.05) is 6.54 Å². The normalized spacial score (nSPS) is 21.0. The van der Waals surface area contributed by atoms with Gasteiger partial charge in [-0.2, -0.15) is 0 Å². The van der Waals surface area contributed by atoms with E-state index in [1.54, 1.807) is 0 Å². The van der Waals surface area contributed by atoms with Crippen LogP contribution in [-0.2, 0) is 6.42 Å². The maximum atomic E-state index is 5.69. The molecular weight excluding hydrogens is 146 g/mol. The molecule has 0 amide bonds. The van der Waals surface area contributed by atoms with Gasteiger partial charge in [0.05, 0.1) is 0 Å². The molecule has 1 aromatic rings. The first-order valence-corrected chi connectivity index (χ1v) is 4.61. The summed E-state index contributed by atoms with van der Waals surface area (Å²) in [6.45, 7) is 2.95. The number of benzene rings is 1. The van der Waals surface area contributed by atoms with Crippen molar-refractivity contribution in [2.24, 2.45) is 5.73 Å². The van der Waals surface area contributed by atoms with Crippen LogP contribution in [0.5, 0.6) is 0 Å². The van der Waals surface area contributed by atoms with Gasteiger partial charge in [-0.15, -0.1) is 0 Å². The second-order valence-corrected chi connectivity index (χ2v) is 3.67. The van der Waals surface area contributed by atoms with Crippen LogP contribution in [0.25, 0.3) is 0 Å². The maximum absolute atomic E-state index is 5.69. The highest BCUT2D eigenvalue weighted by Gasteiger charge is 2.20. The van der Waals surface area contributed by atoms with Crippen molar-refractivity contribution < 1.29 is 0 Å². The van der Waals surface area contributed by atoms with Crippen LogP contribution in [0.15, 0.2) is 18.2 Å². The molecule has 0 radical (unpaired) electrons. The summed E-state index contributed by atoms with van der Waals surface area (Å²) in [7, 11) is 0. The number of aryl methyl sites for hydroxylation is 2. The average Bonchev–Trinajstić information content (AvgIpc) is 2.46. The third-order valence-electron chi connectivity index (χ3n) is 2.78. The van der Waals surface area contributed by atoms with Crippen molar-refractivity contribution in [1.82, 2.24) is 0 Å². The Bertz CT molecular complexity index is 291. The molecule has 0 spiro atoms. The van der Waals surface area contributed by atoms with Crippen LogP contribution in [0.2, 0.25) is 0 Å². The van der Waals surface area contributed by atoms with Gasteiger partial charge in [0.15, 0.2) is 0 Å². The standard InChI is InChI=1S/C11H15N/c1-8-2-5-11-9(6-8)3-4-10(11)7-12/h2,5-6,10H,3-4,7,12H2,1H3. The molecule has 64 valence electrons. The Morgan fingerprint density at radius 2 is 2.33 bits per heavy atom. The summed E-state index contributed by atoms with van der Waals surface area (Å²) in [4.78, 5) is 0. The summed E-state index contributed by atoms with van der Waals surface area (Å²) < 4.78 is 0. The Labute approximate surface area is 73.6 Å². The summed E-state index contributed by atoms with van der Waals surface area (Å²) in [6.07, 6.45) is 2.47. The topological polar surface area (TPSA) is 26.0 Å². The summed E-state index contributed by atoms with van der Waals surface area (Å²) in [5.74, 6) is 0.626. The minimum absolute atomic E-state index is 0.626. The summed E-state index contributed by atoms with van der Waals surface area (Å²) in [5.41, 5.74) is 10.1. The van der Waals surface area contributed by atoms with Gasteiger partial charge >= 0.3 is 0 Å². The predicted molar refractivity (Wildman–Crippen MR) is 51.3 cm³/mol. The molecule has 12 heavy (non-hydrogen) atoms. The van der Waals surface area contributed by atoms with E-state index in [0.717, 1.165) is 6.54 Å².